The SMILES string of the molecule is CS(=O)(=O)Nc1cccc(C(=O)OCc2cc(F)cc3c2O[C@H](c2ccccc2)OC3)c1. The van der Waals surface area contributed by atoms with Gasteiger partial charge in [0, 0.05) is 22.4 Å². The number of carbonyl (C=O) groups is 1. The second kappa shape index (κ2) is 8.97. The molecule has 1 heterocycles. The summed E-state index contributed by atoms with van der Waals surface area (Å²) in [6.07, 6.45) is 0.347. The van der Waals surface area contributed by atoms with Gasteiger partial charge < -0.3 is 14.2 Å². The molecule has 0 bridgehead atoms. The van der Waals surface area contributed by atoms with E-state index in [9.17, 15) is 17.6 Å². The number of benzene rings is 3. The van der Waals surface area contributed by atoms with Gasteiger partial charge >= 0.3 is 5.97 Å². The second-order valence-corrected chi connectivity index (χ2v) is 9.00. The van der Waals surface area contributed by atoms with E-state index in [1.165, 1.54) is 36.4 Å². The highest BCUT2D eigenvalue weighted by Crippen LogP contribution is 2.37. The molecule has 0 aromatic heterocycles. The Morgan fingerprint density at radius 1 is 1.12 bits per heavy atom. The number of fused-ring (bicyclic) bond motifs is 1. The van der Waals surface area contributed by atoms with Gasteiger partial charge in [0.1, 0.15) is 18.2 Å². The van der Waals surface area contributed by atoms with Crippen LogP contribution < -0.4 is 9.46 Å². The van der Waals surface area contributed by atoms with Gasteiger partial charge in [-0.1, -0.05) is 36.4 Å². The first kappa shape index (κ1) is 21.8. The Bertz CT molecular complexity index is 1250. The smallest absolute Gasteiger partial charge is 0.338 e. The number of halogens is 1. The van der Waals surface area contributed by atoms with Crippen molar-refractivity contribution in [3.63, 3.8) is 0 Å². The third kappa shape index (κ3) is 5.24. The molecule has 1 aliphatic rings. The van der Waals surface area contributed by atoms with Crippen molar-refractivity contribution in [3.05, 3.63) is 94.8 Å². The van der Waals surface area contributed by atoms with Gasteiger partial charge in [-0.15, -0.1) is 0 Å². The molecule has 0 unspecified atom stereocenters. The number of rotatable bonds is 6. The average molecular weight is 457 g/mol. The third-order valence-corrected chi connectivity index (χ3v) is 5.26. The fourth-order valence-corrected chi connectivity index (χ4v) is 3.86. The monoisotopic (exact) mass is 457 g/mol. The summed E-state index contributed by atoms with van der Waals surface area (Å²) < 4.78 is 56.2. The Labute approximate surface area is 184 Å². The Morgan fingerprint density at radius 2 is 1.91 bits per heavy atom. The van der Waals surface area contributed by atoms with E-state index in [1.807, 2.05) is 30.3 Å². The normalized spacial score (nSPS) is 15.4. The predicted octanol–water partition coefficient (Wildman–Crippen LogP) is 4.16. The van der Waals surface area contributed by atoms with E-state index in [2.05, 4.69) is 4.72 Å². The molecule has 9 heteroatoms. The summed E-state index contributed by atoms with van der Waals surface area (Å²) in [6, 6.07) is 17.8. The maximum atomic E-state index is 14.1. The zero-order valence-electron chi connectivity index (χ0n) is 17.1. The standard InChI is InChI=1S/C23H20FNO6S/c1-32(27,28)25-20-9-5-8-16(12-20)22(26)29-13-17-10-19(24)11-18-14-30-23(31-21(17)18)15-6-3-2-4-7-15/h2-12,23,25H,13-14H2,1H3/t23-/m1/s1. The molecule has 0 spiro atoms. The Balaban J connectivity index is 1.51. The number of hydrogen-bond acceptors (Lipinski definition) is 6. The maximum absolute atomic E-state index is 14.1. The first-order valence-corrected chi connectivity index (χ1v) is 11.6. The molecule has 0 radical (unpaired) electrons. The lowest BCUT2D eigenvalue weighted by Gasteiger charge is -2.28. The maximum Gasteiger partial charge on any atom is 0.338 e. The second-order valence-electron chi connectivity index (χ2n) is 7.26. The van der Waals surface area contributed by atoms with E-state index < -0.39 is 28.1 Å². The van der Waals surface area contributed by atoms with Crippen LogP contribution in [-0.4, -0.2) is 20.6 Å². The molecule has 32 heavy (non-hydrogen) atoms. The molecule has 3 aromatic carbocycles. The Hall–Kier alpha value is -3.43. The molecule has 0 amide bonds. The number of nitrogens with one attached hydrogen (secondary N) is 1. The molecule has 4 rings (SSSR count). The fourth-order valence-electron chi connectivity index (χ4n) is 3.31. The number of sulfonamides is 1. The van der Waals surface area contributed by atoms with Gasteiger partial charge in [0.2, 0.25) is 16.3 Å². The molecular formula is C23H20FNO6S. The summed E-state index contributed by atoms with van der Waals surface area (Å²) in [5.41, 5.74) is 2.07. The molecule has 3 aromatic rings. The van der Waals surface area contributed by atoms with Crippen LogP contribution in [0.5, 0.6) is 5.75 Å². The van der Waals surface area contributed by atoms with Crippen LogP contribution >= 0.6 is 0 Å². The van der Waals surface area contributed by atoms with Gasteiger partial charge in [0.25, 0.3) is 0 Å². The molecule has 1 aliphatic heterocycles. The van der Waals surface area contributed by atoms with Gasteiger partial charge in [0.15, 0.2) is 0 Å². The summed E-state index contributed by atoms with van der Waals surface area (Å²) >= 11 is 0. The highest BCUT2D eigenvalue weighted by atomic mass is 32.2. The van der Waals surface area contributed by atoms with Crippen LogP contribution in [0.15, 0.2) is 66.7 Å². The van der Waals surface area contributed by atoms with Crippen LogP contribution in [0.1, 0.15) is 33.3 Å². The largest absolute Gasteiger partial charge is 0.460 e. The van der Waals surface area contributed by atoms with Crippen molar-refractivity contribution in [3.8, 4) is 5.75 Å². The summed E-state index contributed by atoms with van der Waals surface area (Å²) in [6.45, 7) is -0.0863. The van der Waals surface area contributed by atoms with Crippen molar-refractivity contribution in [2.45, 2.75) is 19.5 Å². The van der Waals surface area contributed by atoms with E-state index in [1.54, 1.807) is 0 Å². The van der Waals surface area contributed by atoms with Gasteiger partial charge in [-0.3, -0.25) is 4.72 Å². The quantitative estimate of drug-likeness (QED) is 0.559. The molecule has 1 atom stereocenters. The molecule has 0 aliphatic carbocycles. The minimum Gasteiger partial charge on any atom is -0.460 e. The zero-order valence-corrected chi connectivity index (χ0v) is 17.9. The van der Waals surface area contributed by atoms with Crippen molar-refractivity contribution < 1.29 is 31.8 Å². The Morgan fingerprint density at radius 3 is 2.66 bits per heavy atom. The summed E-state index contributed by atoms with van der Waals surface area (Å²) in [7, 11) is -3.49. The van der Waals surface area contributed by atoms with Gasteiger partial charge in [-0.05, 0) is 30.3 Å². The van der Waals surface area contributed by atoms with E-state index in [0.717, 1.165) is 11.8 Å². The van der Waals surface area contributed by atoms with Crippen molar-refractivity contribution >= 4 is 21.7 Å². The van der Waals surface area contributed by atoms with Gasteiger partial charge in [-0.2, -0.15) is 0 Å². The lowest BCUT2D eigenvalue weighted by atomic mass is 10.1. The molecule has 0 fully saturated rings. The minimum atomic E-state index is -3.49. The van der Waals surface area contributed by atoms with Gasteiger partial charge in [-0.25, -0.2) is 17.6 Å². The number of esters is 1. The zero-order chi connectivity index (χ0) is 22.7. The van der Waals surface area contributed by atoms with Gasteiger partial charge in [0.05, 0.1) is 18.4 Å². The van der Waals surface area contributed by atoms with Crippen molar-refractivity contribution in [1.29, 1.82) is 0 Å². The summed E-state index contributed by atoms with van der Waals surface area (Å²) in [4.78, 5) is 12.5. The number of carbonyl (C=O) groups excluding carboxylic acids is 1. The average Bonchev–Trinajstić information content (AvgIpc) is 2.76. The van der Waals surface area contributed by atoms with Crippen molar-refractivity contribution in [1.82, 2.24) is 0 Å². The first-order valence-electron chi connectivity index (χ1n) is 9.68. The van der Waals surface area contributed by atoms with Crippen LogP contribution in [0.25, 0.3) is 0 Å². The van der Waals surface area contributed by atoms with E-state index in [-0.39, 0.29) is 24.5 Å². The van der Waals surface area contributed by atoms with Crippen molar-refractivity contribution in [2.75, 3.05) is 11.0 Å². The molecule has 7 nitrogen and oxygen atoms in total. The first-order chi connectivity index (χ1) is 15.3. The lowest BCUT2D eigenvalue weighted by molar-refractivity contribution is -0.112. The summed E-state index contributed by atoms with van der Waals surface area (Å²) in [5.74, 6) is -0.780. The lowest BCUT2D eigenvalue weighted by Crippen LogP contribution is -2.20. The van der Waals surface area contributed by atoms with Crippen LogP contribution in [0.4, 0.5) is 10.1 Å². The number of hydrogen-bond donors (Lipinski definition) is 1. The summed E-state index contributed by atoms with van der Waals surface area (Å²) in [5, 5.41) is 0. The van der Waals surface area contributed by atoms with Crippen LogP contribution in [-0.2, 0) is 32.7 Å². The predicted molar refractivity (Wildman–Crippen MR) is 115 cm³/mol. The number of anilines is 1. The van der Waals surface area contributed by atoms with Crippen LogP contribution in [0, 0.1) is 5.82 Å². The molecule has 1 N–H and O–H groups in total. The van der Waals surface area contributed by atoms with E-state index in [0.29, 0.717) is 16.9 Å². The molecule has 0 saturated carbocycles. The molecule has 0 saturated heterocycles. The van der Waals surface area contributed by atoms with Crippen LogP contribution in [0.2, 0.25) is 0 Å². The highest BCUT2D eigenvalue weighted by Gasteiger charge is 2.25. The highest BCUT2D eigenvalue weighted by molar-refractivity contribution is 7.92. The fraction of sp³-hybridized carbons (Fsp3) is 0.174. The molecular weight excluding hydrogens is 437 g/mol. The van der Waals surface area contributed by atoms with Crippen LogP contribution in [0.3, 0.4) is 0 Å². The number of ether oxygens (including phenoxy) is 3. The van der Waals surface area contributed by atoms with E-state index >= 15 is 0 Å². The third-order valence-electron chi connectivity index (χ3n) is 4.65. The van der Waals surface area contributed by atoms with Crippen molar-refractivity contribution in [2.24, 2.45) is 0 Å². The minimum absolute atomic E-state index is 0.146. The molecule has 166 valence electrons. The van der Waals surface area contributed by atoms with E-state index in [4.69, 9.17) is 14.2 Å². The Kier molecular flexibility index (Phi) is 6.11. The topological polar surface area (TPSA) is 90.9 Å².